The Bertz CT molecular complexity index is 666. The molecule has 0 aliphatic heterocycles. The number of nitrogens with two attached hydrogens (primary N) is 1. The second-order valence-electron chi connectivity index (χ2n) is 3.99. The monoisotopic (exact) mass is 313 g/mol. The van der Waals surface area contributed by atoms with Gasteiger partial charge in [0.2, 0.25) is 15.9 Å². The van der Waals surface area contributed by atoms with Crippen LogP contribution in [0.3, 0.4) is 0 Å². The third kappa shape index (κ3) is 3.54. The minimum Gasteiger partial charge on any atom is -0.481 e. The van der Waals surface area contributed by atoms with Crippen LogP contribution in [0.4, 0.5) is 0 Å². The highest BCUT2D eigenvalue weighted by Crippen LogP contribution is 2.19. The van der Waals surface area contributed by atoms with Gasteiger partial charge in [0.25, 0.3) is 0 Å². The van der Waals surface area contributed by atoms with Gasteiger partial charge in [-0.05, 0) is 11.6 Å². The number of pyridine rings is 1. The minimum absolute atomic E-state index is 0.174. The number of aromatic nitrogens is 1. The molecule has 0 bridgehead atoms. The van der Waals surface area contributed by atoms with E-state index in [4.69, 9.17) is 10.5 Å². The highest BCUT2D eigenvalue weighted by atomic mass is 32.2. The molecule has 2 heterocycles. The van der Waals surface area contributed by atoms with Crippen molar-refractivity contribution < 1.29 is 13.2 Å². The van der Waals surface area contributed by atoms with Gasteiger partial charge in [0.1, 0.15) is 0 Å². The van der Waals surface area contributed by atoms with Gasteiger partial charge in [0.05, 0.1) is 12.0 Å². The molecule has 0 fully saturated rings. The Morgan fingerprint density at radius 1 is 1.45 bits per heavy atom. The van der Waals surface area contributed by atoms with Crippen LogP contribution in [-0.2, 0) is 23.1 Å². The average molecular weight is 313 g/mol. The topological polar surface area (TPSA) is 94.3 Å². The van der Waals surface area contributed by atoms with Gasteiger partial charge in [-0.25, -0.2) is 18.1 Å². The Labute approximate surface area is 121 Å². The highest BCUT2D eigenvalue weighted by molar-refractivity contribution is 7.89. The van der Waals surface area contributed by atoms with E-state index in [9.17, 15) is 8.42 Å². The fourth-order valence-electron chi connectivity index (χ4n) is 1.51. The lowest BCUT2D eigenvalue weighted by Gasteiger charge is -2.05. The summed E-state index contributed by atoms with van der Waals surface area (Å²) in [7, 11) is -1.99. The number of nitrogens with one attached hydrogen (secondary N) is 1. The first-order valence-electron chi connectivity index (χ1n) is 5.81. The molecule has 0 amide bonds. The number of hydrogen-bond acceptors (Lipinski definition) is 6. The normalized spacial score (nSPS) is 11.5. The van der Waals surface area contributed by atoms with E-state index in [1.54, 1.807) is 29.8 Å². The molecule has 0 atom stereocenters. The van der Waals surface area contributed by atoms with Crippen LogP contribution < -0.4 is 15.2 Å². The van der Waals surface area contributed by atoms with E-state index in [0.717, 1.165) is 10.4 Å². The van der Waals surface area contributed by atoms with E-state index in [2.05, 4.69) is 9.71 Å². The van der Waals surface area contributed by atoms with Crippen LogP contribution in [0.25, 0.3) is 0 Å². The van der Waals surface area contributed by atoms with Crippen molar-refractivity contribution in [1.29, 1.82) is 0 Å². The molecule has 0 aliphatic rings. The minimum atomic E-state index is -3.52. The van der Waals surface area contributed by atoms with E-state index in [0.29, 0.717) is 12.4 Å². The smallest absolute Gasteiger partial charge is 0.241 e. The highest BCUT2D eigenvalue weighted by Gasteiger charge is 2.15. The van der Waals surface area contributed by atoms with Gasteiger partial charge >= 0.3 is 0 Å². The van der Waals surface area contributed by atoms with E-state index in [-0.39, 0.29) is 11.4 Å². The Morgan fingerprint density at radius 3 is 2.80 bits per heavy atom. The molecule has 2 aromatic heterocycles. The van der Waals surface area contributed by atoms with Crippen molar-refractivity contribution >= 4 is 21.4 Å². The van der Waals surface area contributed by atoms with Crippen molar-refractivity contribution in [2.24, 2.45) is 5.73 Å². The Kier molecular flexibility index (Phi) is 4.71. The van der Waals surface area contributed by atoms with Crippen LogP contribution >= 0.6 is 11.3 Å². The van der Waals surface area contributed by atoms with Crippen molar-refractivity contribution in [3.8, 4) is 5.88 Å². The van der Waals surface area contributed by atoms with Crippen molar-refractivity contribution in [2.75, 3.05) is 7.11 Å². The number of rotatable bonds is 6. The van der Waals surface area contributed by atoms with Crippen molar-refractivity contribution in [1.82, 2.24) is 9.71 Å². The van der Waals surface area contributed by atoms with Gasteiger partial charge < -0.3 is 10.5 Å². The van der Waals surface area contributed by atoms with Gasteiger partial charge in [-0.1, -0.05) is 6.07 Å². The number of methoxy groups -OCH3 is 1. The second kappa shape index (κ2) is 6.31. The number of sulfonamides is 1. The lowest BCUT2D eigenvalue weighted by Crippen LogP contribution is -2.22. The Hall–Kier alpha value is -1.48. The molecule has 0 spiro atoms. The molecular formula is C12H15N3O3S2. The van der Waals surface area contributed by atoms with Gasteiger partial charge in [0.15, 0.2) is 0 Å². The molecule has 8 heteroatoms. The fraction of sp³-hybridized carbons (Fsp3) is 0.250. The summed E-state index contributed by atoms with van der Waals surface area (Å²) in [5.41, 5.74) is 6.23. The number of thiophene rings is 1. The molecule has 2 aromatic rings. The van der Waals surface area contributed by atoms with Crippen LogP contribution in [0.15, 0.2) is 34.7 Å². The van der Waals surface area contributed by atoms with Crippen LogP contribution in [-0.4, -0.2) is 20.5 Å². The Morgan fingerprint density at radius 2 is 2.25 bits per heavy atom. The van der Waals surface area contributed by atoms with Gasteiger partial charge in [-0.2, -0.15) is 0 Å². The quantitative estimate of drug-likeness (QED) is 0.832. The largest absolute Gasteiger partial charge is 0.481 e. The van der Waals surface area contributed by atoms with Gasteiger partial charge in [-0.15, -0.1) is 11.3 Å². The van der Waals surface area contributed by atoms with E-state index < -0.39 is 10.0 Å². The van der Waals surface area contributed by atoms with Crippen LogP contribution in [0.5, 0.6) is 5.88 Å². The fourth-order valence-corrected chi connectivity index (χ4v) is 3.68. The zero-order chi connectivity index (χ0) is 14.6. The van der Waals surface area contributed by atoms with Crippen LogP contribution in [0.1, 0.15) is 10.4 Å². The summed E-state index contributed by atoms with van der Waals surface area (Å²) in [6.07, 6.45) is 1.57. The molecule has 0 aliphatic carbocycles. The predicted molar refractivity (Wildman–Crippen MR) is 77.0 cm³/mol. The summed E-state index contributed by atoms with van der Waals surface area (Å²) in [5.74, 6) is 0.488. The summed E-state index contributed by atoms with van der Waals surface area (Å²) in [5, 5.41) is 1.58. The SMILES string of the molecule is COc1ccc(CNS(=O)(=O)c2csc(CN)c2)cn1. The van der Waals surface area contributed by atoms with Gasteiger partial charge in [-0.3, -0.25) is 0 Å². The molecule has 0 aromatic carbocycles. The Balaban J connectivity index is 2.04. The third-order valence-electron chi connectivity index (χ3n) is 2.61. The van der Waals surface area contributed by atoms with Crippen molar-refractivity contribution in [3.05, 3.63) is 40.2 Å². The predicted octanol–water partition coefficient (Wildman–Crippen LogP) is 1.09. The maximum absolute atomic E-state index is 12.1. The molecular weight excluding hydrogens is 298 g/mol. The van der Waals surface area contributed by atoms with E-state index in [1.807, 2.05) is 0 Å². The second-order valence-corrected chi connectivity index (χ2v) is 6.75. The first kappa shape index (κ1) is 14.9. The molecule has 0 saturated carbocycles. The maximum atomic E-state index is 12.1. The first-order valence-corrected chi connectivity index (χ1v) is 8.17. The standard InChI is InChI=1S/C12H15N3O3S2/c1-18-12-3-2-9(6-14-12)7-15-20(16,17)11-4-10(5-13)19-8-11/h2-4,6,8,15H,5,7,13H2,1H3. The number of hydrogen-bond donors (Lipinski definition) is 2. The molecule has 20 heavy (non-hydrogen) atoms. The maximum Gasteiger partial charge on any atom is 0.241 e. The number of nitrogens with zero attached hydrogens (tertiary/aromatic N) is 1. The van der Waals surface area contributed by atoms with Crippen molar-refractivity contribution in [2.45, 2.75) is 18.0 Å². The number of ether oxygens (including phenoxy) is 1. The van der Waals surface area contributed by atoms with E-state index in [1.165, 1.54) is 18.4 Å². The summed E-state index contributed by atoms with van der Waals surface area (Å²) in [6.45, 7) is 0.510. The van der Waals surface area contributed by atoms with Crippen LogP contribution in [0, 0.1) is 0 Å². The molecule has 3 N–H and O–H groups in total. The van der Waals surface area contributed by atoms with Crippen molar-refractivity contribution in [3.63, 3.8) is 0 Å². The molecule has 2 rings (SSSR count). The zero-order valence-electron chi connectivity index (χ0n) is 10.9. The third-order valence-corrected chi connectivity index (χ3v) is 5.10. The lowest BCUT2D eigenvalue weighted by atomic mass is 10.3. The van der Waals surface area contributed by atoms with Gasteiger partial charge in [0, 0.05) is 35.6 Å². The molecule has 108 valence electrons. The molecule has 6 nitrogen and oxygen atoms in total. The summed E-state index contributed by atoms with van der Waals surface area (Å²) in [6, 6.07) is 5.02. The molecule has 0 unspecified atom stereocenters. The zero-order valence-corrected chi connectivity index (χ0v) is 12.5. The van der Waals surface area contributed by atoms with E-state index >= 15 is 0 Å². The lowest BCUT2D eigenvalue weighted by molar-refractivity contribution is 0.397. The summed E-state index contributed by atoms with van der Waals surface area (Å²) in [4.78, 5) is 5.09. The van der Waals surface area contributed by atoms with Crippen LogP contribution in [0.2, 0.25) is 0 Å². The first-order chi connectivity index (χ1) is 9.55. The summed E-state index contributed by atoms with van der Waals surface area (Å²) >= 11 is 1.33. The molecule has 0 saturated heterocycles. The molecule has 0 radical (unpaired) electrons. The summed E-state index contributed by atoms with van der Waals surface area (Å²) < 4.78 is 31.6. The average Bonchev–Trinajstić information content (AvgIpc) is 2.95.